The Bertz CT molecular complexity index is 731. The first-order valence-corrected chi connectivity index (χ1v) is 6.80. The zero-order valence-electron chi connectivity index (χ0n) is 20.9. The molecule has 0 amide bonds. The normalized spacial score (nSPS) is 27.7. The van der Waals surface area contributed by atoms with Crippen molar-refractivity contribution in [1.29, 1.82) is 0 Å². The molecule has 1 fully saturated rings. The van der Waals surface area contributed by atoms with Gasteiger partial charge in [0.2, 0.25) is 0 Å². The molecular formula is C17H27NO2. The van der Waals surface area contributed by atoms with Crippen molar-refractivity contribution in [2.45, 2.75) is 43.6 Å². The highest BCUT2D eigenvalue weighted by atomic mass is 16.5. The van der Waals surface area contributed by atoms with Gasteiger partial charge in [0.05, 0.1) is 18.2 Å². The molecule has 2 rings (SSSR count). The molecule has 1 unspecified atom stereocenters. The summed E-state index contributed by atoms with van der Waals surface area (Å²) < 4.78 is 78.1. The lowest BCUT2D eigenvalue weighted by molar-refractivity contribution is -0.0277. The van der Waals surface area contributed by atoms with E-state index in [0.717, 1.165) is 13.5 Å². The molecule has 0 radical (unpaired) electrons. The molecule has 20 heavy (non-hydrogen) atoms. The summed E-state index contributed by atoms with van der Waals surface area (Å²) in [7, 11) is 2.27. The quantitative estimate of drug-likeness (QED) is 0.903. The molecule has 3 nitrogen and oxygen atoms in total. The van der Waals surface area contributed by atoms with Crippen molar-refractivity contribution in [3.05, 3.63) is 29.7 Å². The number of nitrogens with zero attached hydrogens (tertiary/aromatic N) is 1. The molecule has 1 saturated carbocycles. The number of benzene rings is 1. The van der Waals surface area contributed by atoms with E-state index in [2.05, 4.69) is 0 Å². The number of aliphatic hydroxyl groups is 1. The Balaban J connectivity index is 2.83. The van der Waals surface area contributed by atoms with Gasteiger partial charge in [0, 0.05) is 19.3 Å². The van der Waals surface area contributed by atoms with Crippen LogP contribution in [0.25, 0.3) is 0 Å². The summed E-state index contributed by atoms with van der Waals surface area (Å²) in [5.74, 6) is -1.90. The molecule has 0 aliphatic heterocycles. The molecule has 3 heteroatoms. The van der Waals surface area contributed by atoms with Gasteiger partial charge in [-0.2, -0.15) is 0 Å². The van der Waals surface area contributed by atoms with Crippen LogP contribution in [0.4, 0.5) is 0 Å². The van der Waals surface area contributed by atoms with E-state index in [-0.39, 0.29) is 24.2 Å². The maximum Gasteiger partial charge on any atom is 0.118 e. The van der Waals surface area contributed by atoms with Crippen LogP contribution < -0.4 is 4.74 Å². The van der Waals surface area contributed by atoms with E-state index in [0.29, 0.717) is 17.7 Å². The minimum atomic E-state index is -2.84. The molecule has 0 heterocycles. The first-order valence-electron chi connectivity index (χ1n) is 11.3. The first kappa shape index (κ1) is 7.28. The van der Waals surface area contributed by atoms with Crippen molar-refractivity contribution in [1.82, 2.24) is 4.90 Å². The average molecular weight is 286 g/mol. The molecule has 1 aliphatic carbocycles. The van der Waals surface area contributed by atoms with Gasteiger partial charge in [-0.1, -0.05) is 31.3 Å². The minimum Gasteiger partial charge on any atom is -0.497 e. The summed E-state index contributed by atoms with van der Waals surface area (Å²) in [4.78, 5) is 0.508. The number of hydrogen-bond donors (Lipinski definition) is 1. The molecule has 112 valence electrons. The maximum atomic E-state index is 11.4. The van der Waals surface area contributed by atoms with Crippen LogP contribution in [-0.2, 0) is 0 Å². The molecule has 0 saturated heterocycles. The van der Waals surface area contributed by atoms with Gasteiger partial charge in [0.25, 0.3) is 0 Å². The lowest BCUT2D eigenvalue weighted by Crippen LogP contribution is -2.42. The van der Waals surface area contributed by atoms with E-state index >= 15 is 0 Å². The van der Waals surface area contributed by atoms with Crippen molar-refractivity contribution >= 4 is 0 Å². The number of methoxy groups -OCH3 is 1. The lowest BCUT2D eigenvalue weighted by atomic mass is 9.72. The molecule has 0 spiro atoms. The molecule has 1 aromatic rings. The zero-order valence-corrected chi connectivity index (χ0v) is 11.9. The summed E-state index contributed by atoms with van der Waals surface area (Å²) in [6, 6.07) is -2.09. The van der Waals surface area contributed by atoms with Gasteiger partial charge in [-0.15, -0.1) is 0 Å². The number of rotatable bonds is 5. The van der Waals surface area contributed by atoms with Crippen molar-refractivity contribution < 1.29 is 22.2 Å². The average Bonchev–Trinajstić information content (AvgIpc) is 2.63. The van der Waals surface area contributed by atoms with Gasteiger partial charge in [0.15, 0.2) is 0 Å². The smallest absolute Gasteiger partial charge is 0.118 e. The van der Waals surface area contributed by atoms with Crippen molar-refractivity contribution in [2.75, 3.05) is 27.6 Å². The van der Waals surface area contributed by atoms with Gasteiger partial charge in [-0.3, -0.25) is 0 Å². The largest absolute Gasteiger partial charge is 0.497 e. The van der Waals surface area contributed by atoms with E-state index in [4.69, 9.17) is 17.1 Å². The number of likely N-dealkylation sites (N-methyl/N-ethyl adjacent to an activating group) is 1. The van der Waals surface area contributed by atoms with E-state index in [9.17, 15) is 5.11 Å². The SMILES string of the molecule is [2H]c1c([2H])c(C(C2(O)CCCCC2)C([2H])([2H])N(C)C([2H])([2H])[2H])c([2H])c([2H])c1OC. The highest BCUT2D eigenvalue weighted by Crippen LogP contribution is 2.40. The third-order valence-electron chi connectivity index (χ3n) is 3.69. The van der Waals surface area contributed by atoms with Crippen LogP contribution in [0.2, 0.25) is 0 Å². The summed E-state index contributed by atoms with van der Waals surface area (Å²) in [6.45, 7) is -5.52. The molecule has 0 aromatic heterocycles. The van der Waals surface area contributed by atoms with Crippen LogP contribution in [0, 0.1) is 0 Å². The maximum absolute atomic E-state index is 11.4. The number of ether oxygens (including phenoxy) is 1. The van der Waals surface area contributed by atoms with Crippen LogP contribution in [0.5, 0.6) is 5.75 Å². The van der Waals surface area contributed by atoms with Crippen LogP contribution in [0.1, 0.15) is 55.9 Å². The first-order chi connectivity index (χ1) is 13.2. The van der Waals surface area contributed by atoms with Crippen LogP contribution in [0.15, 0.2) is 24.2 Å². The second kappa shape index (κ2) is 6.59. The van der Waals surface area contributed by atoms with E-state index in [1.54, 1.807) is 0 Å². The molecule has 0 bridgehead atoms. The molecule has 1 N–H and O–H groups in total. The lowest BCUT2D eigenvalue weighted by Gasteiger charge is -2.40. The summed E-state index contributed by atoms with van der Waals surface area (Å²) >= 11 is 0. The highest BCUT2D eigenvalue weighted by molar-refractivity contribution is 5.31. The Hall–Kier alpha value is -1.06. The van der Waals surface area contributed by atoms with Gasteiger partial charge >= 0.3 is 0 Å². The predicted octanol–water partition coefficient (Wildman–Crippen LogP) is 3.04. The molecule has 1 aromatic carbocycles. The van der Waals surface area contributed by atoms with Crippen molar-refractivity contribution in [2.24, 2.45) is 0 Å². The van der Waals surface area contributed by atoms with Crippen LogP contribution in [-0.4, -0.2) is 43.2 Å². The third kappa shape index (κ3) is 3.53. The zero-order chi connectivity index (χ0) is 22.4. The van der Waals surface area contributed by atoms with Gasteiger partial charge in [-0.25, -0.2) is 0 Å². The Labute approximate surface area is 135 Å². The summed E-state index contributed by atoms with van der Waals surface area (Å²) in [5.41, 5.74) is -2.06. The Kier molecular flexibility index (Phi) is 2.40. The van der Waals surface area contributed by atoms with E-state index < -0.39 is 49.2 Å². The topological polar surface area (TPSA) is 32.7 Å². The minimum absolute atomic E-state index is 0.164. The van der Waals surface area contributed by atoms with Crippen LogP contribution in [0.3, 0.4) is 0 Å². The van der Waals surface area contributed by atoms with Gasteiger partial charge < -0.3 is 14.7 Å². The highest BCUT2D eigenvalue weighted by Gasteiger charge is 2.38. The molecule has 1 atom stereocenters. The van der Waals surface area contributed by atoms with E-state index in [1.807, 2.05) is 0 Å². The Morgan fingerprint density at radius 2 is 2.05 bits per heavy atom. The molecule has 1 aliphatic rings. The predicted molar refractivity (Wildman–Crippen MR) is 82.3 cm³/mol. The number of hydrogen-bond acceptors (Lipinski definition) is 3. The Morgan fingerprint density at radius 3 is 2.60 bits per heavy atom. The second-order valence-electron chi connectivity index (χ2n) is 5.23. The fourth-order valence-electron chi connectivity index (χ4n) is 2.66. The van der Waals surface area contributed by atoms with Crippen molar-refractivity contribution in [3.63, 3.8) is 0 Å². The monoisotopic (exact) mass is 286 g/mol. The van der Waals surface area contributed by atoms with Gasteiger partial charge in [-0.05, 0) is 44.5 Å². The van der Waals surface area contributed by atoms with Crippen molar-refractivity contribution in [3.8, 4) is 5.75 Å². The molecular weight excluding hydrogens is 250 g/mol. The fraction of sp³-hybridized carbons (Fsp3) is 0.647. The summed E-state index contributed by atoms with van der Waals surface area (Å²) in [5, 5.41) is 11.4. The standard InChI is InChI=1S/C17H27NO2/c1-18(2)13-16(17(19)11-5-4-6-12-17)14-7-9-15(20-3)10-8-14/h7-10,16,19H,4-6,11-13H2,1-3H3/i1D3,7D,8D,9D,10D,13D2. The van der Waals surface area contributed by atoms with Gasteiger partial charge in [0.1, 0.15) is 5.75 Å². The Morgan fingerprint density at radius 1 is 1.40 bits per heavy atom. The third-order valence-corrected chi connectivity index (χ3v) is 3.69. The second-order valence-corrected chi connectivity index (χ2v) is 5.23. The fourth-order valence-corrected chi connectivity index (χ4v) is 2.66. The van der Waals surface area contributed by atoms with E-state index in [1.165, 1.54) is 7.11 Å². The summed E-state index contributed by atoms with van der Waals surface area (Å²) in [6.07, 6.45) is 2.32. The van der Waals surface area contributed by atoms with Crippen LogP contribution >= 0.6 is 0 Å².